The minimum Gasteiger partial charge on any atom is -0.372 e. The number of carbonyl (C=O) groups excluding carboxylic acids is 1. The molecule has 4 heteroatoms. The van der Waals surface area contributed by atoms with Gasteiger partial charge in [0.25, 0.3) is 0 Å². The van der Waals surface area contributed by atoms with E-state index in [1.54, 1.807) is 0 Å². The SMILES string of the molecule is CCC(CC)C(=O)N1CCC2(CC1)Nc1ccccc1-n1cccc12. The van der Waals surface area contributed by atoms with Crippen molar-refractivity contribution in [3.63, 3.8) is 0 Å². The van der Waals surface area contributed by atoms with E-state index >= 15 is 0 Å². The number of carbonyl (C=O) groups is 1. The van der Waals surface area contributed by atoms with Gasteiger partial charge in [-0.1, -0.05) is 26.0 Å². The first-order valence-corrected chi connectivity index (χ1v) is 9.52. The van der Waals surface area contributed by atoms with Gasteiger partial charge in [0.05, 0.1) is 16.9 Å². The summed E-state index contributed by atoms with van der Waals surface area (Å²) < 4.78 is 2.31. The molecule has 0 aliphatic carbocycles. The molecule has 1 fully saturated rings. The summed E-state index contributed by atoms with van der Waals surface area (Å²) in [6.45, 7) is 5.89. The highest BCUT2D eigenvalue weighted by molar-refractivity contribution is 5.79. The molecule has 1 spiro atoms. The molecule has 0 bridgehead atoms. The summed E-state index contributed by atoms with van der Waals surface area (Å²) in [6, 6.07) is 12.8. The Morgan fingerprint density at radius 3 is 2.56 bits per heavy atom. The van der Waals surface area contributed by atoms with Crippen LogP contribution in [0.3, 0.4) is 0 Å². The number of rotatable bonds is 3. The Morgan fingerprint density at radius 2 is 1.84 bits per heavy atom. The molecule has 2 aromatic rings. The maximum absolute atomic E-state index is 12.7. The molecule has 4 nitrogen and oxygen atoms in total. The fourth-order valence-corrected chi connectivity index (χ4v) is 4.48. The van der Waals surface area contributed by atoms with E-state index in [-0.39, 0.29) is 11.5 Å². The quantitative estimate of drug-likeness (QED) is 0.913. The highest BCUT2D eigenvalue weighted by atomic mass is 16.2. The van der Waals surface area contributed by atoms with Crippen molar-refractivity contribution >= 4 is 11.6 Å². The predicted molar refractivity (Wildman–Crippen MR) is 101 cm³/mol. The molecular formula is C21H27N3O. The van der Waals surface area contributed by atoms with Gasteiger partial charge in [-0.25, -0.2) is 0 Å². The number of likely N-dealkylation sites (tertiary alicyclic amines) is 1. The number of benzene rings is 1. The smallest absolute Gasteiger partial charge is 0.225 e. The van der Waals surface area contributed by atoms with Gasteiger partial charge in [-0.2, -0.15) is 0 Å². The van der Waals surface area contributed by atoms with Gasteiger partial charge in [-0.05, 0) is 49.9 Å². The third-order valence-electron chi connectivity index (χ3n) is 6.04. The van der Waals surface area contributed by atoms with Crippen LogP contribution in [0.1, 0.15) is 45.2 Å². The minimum absolute atomic E-state index is 0.0669. The summed E-state index contributed by atoms with van der Waals surface area (Å²) >= 11 is 0. The van der Waals surface area contributed by atoms with E-state index in [1.165, 1.54) is 17.1 Å². The number of hydrogen-bond acceptors (Lipinski definition) is 2. The third kappa shape index (κ3) is 2.55. The van der Waals surface area contributed by atoms with Crippen LogP contribution in [0.15, 0.2) is 42.6 Å². The third-order valence-corrected chi connectivity index (χ3v) is 6.04. The maximum atomic E-state index is 12.7. The lowest BCUT2D eigenvalue weighted by atomic mass is 9.82. The van der Waals surface area contributed by atoms with E-state index in [0.717, 1.165) is 38.8 Å². The van der Waals surface area contributed by atoms with Crippen LogP contribution in [0.2, 0.25) is 0 Å². The van der Waals surface area contributed by atoms with Gasteiger partial charge < -0.3 is 14.8 Å². The Bertz CT molecular complexity index is 767. The Kier molecular flexibility index (Phi) is 4.06. The highest BCUT2D eigenvalue weighted by Crippen LogP contribution is 2.43. The van der Waals surface area contributed by atoms with E-state index in [2.05, 4.69) is 71.2 Å². The molecule has 25 heavy (non-hydrogen) atoms. The summed E-state index contributed by atoms with van der Waals surface area (Å²) in [6.07, 6.45) is 5.93. The Hall–Kier alpha value is -2.23. The summed E-state index contributed by atoms with van der Waals surface area (Å²) in [5.74, 6) is 0.518. The number of nitrogens with one attached hydrogen (secondary N) is 1. The first kappa shape index (κ1) is 16.2. The van der Waals surface area contributed by atoms with Gasteiger partial charge in [-0.15, -0.1) is 0 Å². The van der Waals surface area contributed by atoms with Crippen LogP contribution in [-0.2, 0) is 10.3 Å². The zero-order chi connectivity index (χ0) is 17.4. The molecule has 4 rings (SSSR count). The molecule has 1 saturated heterocycles. The summed E-state index contributed by atoms with van der Waals surface area (Å²) in [5, 5.41) is 3.81. The molecule has 3 heterocycles. The maximum Gasteiger partial charge on any atom is 0.225 e. The second kappa shape index (κ2) is 6.25. The molecule has 1 aromatic carbocycles. The van der Waals surface area contributed by atoms with Crippen LogP contribution >= 0.6 is 0 Å². The van der Waals surface area contributed by atoms with Crippen molar-refractivity contribution in [2.24, 2.45) is 5.92 Å². The van der Waals surface area contributed by atoms with Crippen LogP contribution in [-0.4, -0.2) is 28.5 Å². The molecule has 0 radical (unpaired) electrons. The Labute approximate surface area is 149 Å². The topological polar surface area (TPSA) is 37.3 Å². The monoisotopic (exact) mass is 337 g/mol. The molecule has 2 aliphatic heterocycles. The zero-order valence-electron chi connectivity index (χ0n) is 15.2. The first-order chi connectivity index (χ1) is 12.2. The second-order valence-electron chi connectivity index (χ2n) is 7.33. The van der Waals surface area contributed by atoms with Gasteiger partial charge in [0, 0.05) is 30.9 Å². The summed E-state index contributed by atoms with van der Waals surface area (Å²) in [7, 11) is 0. The van der Waals surface area contributed by atoms with Crippen LogP contribution in [0, 0.1) is 5.92 Å². The number of amides is 1. The van der Waals surface area contributed by atoms with Crippen molar-refractivity contribution < 1.29 is 4.79 Å². The van der Waals surface area contributed by atoms with Crippen molar-refractivity contribution in [3.8, 4) is 5.69 Å². The van der Waals surface area contributed by atoms with E-state index < -0.39 is 0 Å². The lowest BCUT2D eigenvalue weighted by Gasteiger charge is -2.46. The van der Waals surface area contributed by atoms with Crippen molar-refractivity contribution in [1.29, 1.82) is 0 Å². The number of para-hydroxylation sites is 2. The number of anilines is 1. The number of aromatic nitrogens is 1. The molecule has 0 unspecified atom stereocenters. The van der Waals surface area contributed by atoms with E-state index in [4.69, 9.17) is 0 Å². The average molecular weight is 337 g/mol. The Morgan fingerprint density at radius 1 is 1.12 bits per heavy atom. The van der Waals surface area contributed by atoms with Gasteiger partial charge in [0.2, 0.25) is 5.91 Å². The zero-order valence-corrected chi connectivity index (χ0v) is 15.2. The van der Waals surface area contributed by atoms with Crippen molar-refractivity contribution in [3.05, 3.63) is 48.3 Å². The molecule has 0 atom stereocenters. The lowest BCUT2D eigenvalue weighted by Crippen LogP contribution is -2.52. The van der Waals surface area contributed by atoms with Gasteiger partial charge in [0.15, 0.2) is 0 Å². The lowest BCUT2D eigenvalue weighted by molar-refractivity contribution is -0.137. The number of fused-ring (bicyclic) bond motifs is 4. The summed E-state index contributed by atoms with van der Waals surface area (Å²) in [4.78, 5) is 14.8. The number of hydrogen-bond donors (Lipinski definition) is 1. The highest BCUT2D eigenvalue weighted by Gasteiger charge is 2.42. The molecule has 0 saturated carbocycles. The van der Waals surface area contributed by atoms with Gasteiger partial charge in [0.1, 0.15) is 0 Å². The van der Waals surface area contributed by atoms with E-state index in [9.17, 15) is 4.79 Å². The molecule has 1 amide bonds. The fraction of sp³-hybridized carbons (Fsp3) is 0.476. The molecule has 1 N–H and O–H groups in total. The average Bonchev–Trinajstić information content (AvgIpc) is 3.15. The normalized spacial score (nSPS) is 18.0. The molecule has 1 aromatic heterocycles. The van der Waals surface area contributed by atoms with Crippen molar-refractivity contribution in [1.82, 2.24) is 9.47 Å². The molecular weight excluding hydrogens is 310 g/mol. The number of nitrogens with zero attached hydrogens (tertiary/aromatic N) is 2. The fourth-order valence-electron chi connectivity index (χ4n) is 4.48. The van der Waals surface area contributed by atoms with Crippen LogP contribution in [0.5, 0.6) is 0 Å². The molecule has 132 valence electrons. The van der Waals surface area contributed by atoms with Crippen LogP contribution in [0.4, 0.5) is 5.69 Å². The first-order valence-electron chi connectivity index (χ1n) is 9.52. The van der Waals surface area contributed by atoms with Gasteiger partial charge in [-0.3, -0.25) is 4.79 Å². The largest absolute Gasteiger partial charge is 0.372 e. The second-order valence-corrected chi connectivity index (χ2v) is 7.33. The Balaban J connectivity index is 1.59. The standard InChI is InChI=1S/C21H27N3O/c1-3-16(4-2)20(25)23-14-11-21(12-15-23)19-10-7-13-24(19)18-9-6-5-8-17(18)22-21/h5-10,13,16,22H,3-4,11-12,14-15H2,1-2H3. The molecule has 2 aliphatic rings. The van der Waals surface area contributed by atoms with Crippen molar-refractivity contribution in [2.45, 2.75) is 45.1 Å². The number of piperidine rings is 1. The van der Waals surface area contributed by atoms with Crippen LogP contribution in [0.25, 0.3) is 5.69 Å². The predicted octanol–water partition coefficient (Wildman–Crippen LogP) is 4.16. The van der Waals surface area contributed by atoms with E-state index in [1.807, 2.05) is 0 Å². The van der Waals surface area contributed by atoms with E-state index in [0.29, 0.717) is 5.91 Å². The summed E-state index contributed by atoms with van der Waals surface area (Å²) in [5.41, 5.74) is 3.65. The van der Waals surface area contributed by atoms with Crippen LogP contribution < -0.4 is 5.32 Å². The van der Waals surface area contributed by atoms with Gasteiger partial charge >= 0.3 is 0 Å². The van der Waals surface area contributed by atoms with Crippen molar-refractivity contribution in [2.75, 3.05) is 18.4 Å². The minimum atomic E-state index is -0.0669.